The van der Waals surface area contributed by atoms with E-state index in [4.69, 9.17) is 4.74 Å². The Bertz CT molecular complexity index is 540. The first kappa shape index (κ1) is 10.9. The van der Waals surface area contributed by atoms with E-state index in [1.165, 1.54) is 0 Å². The number of hydrogen-bond acceptors (Lipinski definition) is 4. The van der Waals surface area contributed by atoms with Gasteiger partial charge in [0, 0.05) is 29.1 Å². The Morgan fingerprint density at radius 2 is 2.06 bits per heavy atom. The fourth-order valence-corrected chi connectivity index (χ4v) is 2.29. The molecule has 0 atom stereocenters. The first-order valence-corrected chi connectivity index (χ1v) is 6.37. The van der Waals surface area contributed by atoms with Gasteiger partial charge in [-0.25, -0.2) is 9.97 Å². The van der Waals surface area contributed by atoms with Crippen molar-refractivity contribution < 1.29 is 4.74 Å². The number of anilines is 1. The minimum atomic E-state index is 0.752. The van der Waals surface area contributed by atoms with E-state index in [1.54, 1.807) is 0 Å². The van der Waals surface area contributed by atoms with Crippen LogP contribution in [0.15, 0.2) is 28.9 Å². The van der Waals surface area contributed by atoms with Gasteiger partial charge in [-0.2, -0.15) is 0 Å². The summed E-state index contributed by atoms with van der Waals surface area (Å²) in [5, 5.41) is 1.05. The van der Waals surface area contributed by atoms with Crippen molar-refractivity contribution in [3.05, 3.63) is 28.9 Å². The van der Waals surface area contributed by atoms with Crippen molar-refractivity contribution in [3.63, 3.8) is 0 Å². The van der Waals surface area contributed by atoms with Crippen molar-refractivity contribution in [1.82, 2.24) is 9.97 Å². The number of ether oxygens (including phenoxy) is 1. The number of fused-ring (bicyclic) bond motifs is 1. The van der Waals surface area contributed by atoms with Crippen molar-refractivity contribution in [2.45, 2.75) is 0 Å². The van der Waals surface area contributed by atoms with E-state index in [1.807, 2.05) is 24.4 Å². The molecule has 88 valence electrons. The molecule has 1 aromatic heterocycles. The van der Waals surface area contributed by atoms with E-state index in [0.29, 0.717) is 0 Å². The highest BCUT2D eigenvalue weighted by atomic mass is 79.9. The van der Waals surface area contributed by atoms with Gasteiger partial charge in [0.15, 0.2) is 0 Å². The van der Waals surface area contributed by atoms with E-state index in [-0.39, 0.29) is 0 Å². The molecule has 0 amide bonds. The summed E-state index contributed by atoms with van der Waals surface area (Å²) in [5.41, 5.74) is 0.977. The average molecular weight is 294 g/mol. The van der Waals surface area contributed by atoms with E-state index in [9.17, 15) is 0 Å². The number of rotatable bonds is 1. The van der Waals surface area contributed by atoms with Gasteiger partial charge in [0.1, 0.15) is 0 Å². The monoisotopic (exact) mass is 293 g/mol. The Morgan fingerprint density at radius 3 is 2.88 bits per heavy atom. The lowest BCUT2D eigenvalue weighted by molar-refractivity contribution is 0.122. The fourth-order valence-electron chi connectivity index (χ4n) is 1.91. The van der Waals surface area contributed by atoms with Gasteiger partial charge in [-0.15, -0.1) is 0 Å². The molecule has 1 aliphatic heterocycles. The van der Waals surface area contributed by atoms with E-state index < -0.39 is 0 Å². The van der Waals surface area contributed by atoms with Gasteiger partial charge in [0.25, 0.3) is 0 Å². The predicted molar refractivity (Wildman–Crippen MR) is 70.3 cm³/mol. The predicted octanol–water partition coefficient (Wildman–Crippen LogP) is 2.23. The van der Waals surface area contributed by atoms with Crippen molar-refractivity contribution in [3.8, 4) is 0 Å². The van der Waals surface area contributed by atoms with Crippen LogP contribution in [0, 0.1) is 0 Å². The summed E-state index contributed by atoms with van der Waals surface area (Å²) in [4.78, 5) is 11.1. The zero-order valence-corrected chi connectivity index (χ0v) is 10.9. The molecule has 0 unspecified atom stereocenters. The minimum absolute atomic E-state index is 0.752. The smallest absolute Gasteiger partial charge is 0.226 e. The van der Waals surface area contributed by atoms with Gasteiger partial charge in [0.05, 0.1) is 18.7 Å². The number of morpholine rings is 1. The zero-order chi connectivity index (χ0) is 11.7. The summed E-state index contributed by atoms with van der Waals surface area (Å²) in [5.74, 6) is 0.795. The maximum Gasteiger partial charge on any atom is 0.226 e. The van der Waals surface area contributed by atoms with Crippen LogP contribution in [-0.4, -0.2) is 36.3 Å². The maximum absolute atomic E-state index is 5.32. The first-order chi connectivity index (χ1) is 8.33. The SMILES string of the molecule is Brc1ccc2nc(N3CCOCC3)ncc2c1. The topological polar surface area (TPSA) is 38.2 Å². The Balaban J connectivity index is 1.98. The third-order valence-corrected chi connectivity index (χ3v) is 3.32. The summed E-state index contributed by atoms with van der Waals surface area (Å²) in [6.07, 6.45) is 1.87. The lowest BCUT2D eigenvalue weighted by Gasteiger charge is -2.26. The zero-order valence-electron chi connectivity index (χ0n) is 9.27. The molecule has 0 spiro atoms. The molecule has 1 aromatic carbocycles. The minimum Gasteiger partial charge on any atom is -0.378 e. The van der Waals surface area contributed by atoms with Gasteiger partial charge in [-0.1, -0.05) is 15.9 Å². The van der Waals surface area contributed by atoms with E-state index in [0.717, 1.165) is 47.6 Å². The van der Waals surface area contributed by atoms with E-state index >= 15 is 0 Å². The molecular formula is C12H12BrN3O. The number of hydrogen-bond donors (Lipinski definition) is 0. The average Bonchev–Trinajstić information content (AvgIpc) is 2.39. The molecule has 17 heavy (non-hydrogen) atoms. The standard InChI is InChI=1S/C12H12BrN3O/c13-10-1-2-11-9(7-10)8-14-12(15-11)16-3-5-17-6-4-16/h1-2,7-8H,3-6H2. The molecular weight excluding hydrogens is 282 g/mol. The van der Waals surface area contributed by atoms with Crippen LogP contribution in [0.5, 0.6) is 0 Å². The van der Waals surface area contributed by atoms with Crippen LogP contribution < -0.4 is 4.90 Å². The number of benzene rings is 1. The summed E-state index contributed by atoms with van der Waals surface area (Å²) in [7, 11) is 0. The molecule has 2 heterocycles. The number of aromatic nitrogens is 2. The molecule has 1 aliphatic rings. The second kappa shape index (κ2) is 4.58. The Kier molecular flexibility index (Phi) is 2.94. The summed E-state index contributed by atoms with van der Waals surface area (Å²) in [6, 6.07) is 6.03. The van der Waals surface area contributed by atoms with Crippen LogP contribution >= 0.6 is 15.9 Å². The first-order valence-electron chi connectivity index (χ1n) is 5.58. The largest absolute Gasteiger partial charge is 0.378 e. The van der Waals surface area contributed by atoms with Crippen LogP contribution in [0.1, 0.15) is 0 Å². The highest BCUT2D eigenvalue weighted by Crippen LogP contribution is 2.20. The summed E-state index contributed by atoms with van der Waals surface area (Å²) in [6.45, 7) is 3.23. The molecule has 5 heteroatoms. The molecule has 3 rings (SSSR count). The molecule has 0 N–H and O–H groups in total. The molecule has 1 fully saturated rings. The molecule has 0 radical (unpaired) electrons. The second-order valence-corrected chi connectivity index (χ2v) is 4.89. The molecule has 2 aromatic rings. The van der Waals surface area contributed by atoms with Crippen molar-refractivity contribution in [2.75, 3.05) is 31.2 Å². The molecule has 0 aliphatic carbocycles. The summed E-state index contributed by atoms with van der Waals surface area (Å²) >= 11 is 3.45. The highest BCUT2D eigenvalue weighted by Gasteiger charge is 2.13. The normalized spacial score (nSPS) is 16.4. The third kappa shape index (κ3) is 2.25. The van der Waals surface area contributed by atoms with Crippen LogP contribution in [0.3, 0.4) is 0 Å². The number of halogens is 1. The van der Waals surface area contributed by atoms with Gasteiger partial charge in [-0.3, -0.25) is 0 Å². The van der Waals surface area contributed by atoms with Crippen LogP contribution in [0.4, 0.5) is 5.95 Å². The fraction of sp³-hybridized carbons (Fsp3) is 0.333. The van der Waals surface area contributed by atoms with E-state index in [2.05, 4.69) is 30.8 Å². The maximum atomic E-state index is 5.32. The van der Waals surface area contributed by atoms with Crippen LogP contribution in [0.2, 0.25) is 0 Å². The molecule has 0 saturated carbocycles. The van der Waals surface area contributed by atoms with Crippen molar-refractivity contribution in [2.24, 2.45) is 0 Å². The second-order valence-electron chi connectivity index (χ2n) is 3.97. The quantitative estimate of drug-likeness (QED) is 0.808. The Morgan fingerprint density at radius 1 is 1.24 bits per heavy atom. The third-order valence-electron chi connectivity index (χ3n) is 2.82. The van der Waals surface area contributed by atoms with Gasteiger partial charge >= 0.3 is 0 Å². The summed E-state index contributed by atoms with van der Waals surface area (Å²) < 4.78 is 6.37. The highest BCUT2D eigenvalue weighted by molar-refractivity contribution is 9.10. The van der Waals surface area contributed by atoms with Crippen LogP contribution in [-0.2, 0) is 4.74 Å². The molecule has 1 saturated heterocycles. The Hall–Kier alpha value is -1.20. The Labute approximate surface area is 108 Å². The van der Waals surface area contributed by atoms with Crippen molar-refractivity contribution in [1.29, 1.82) is 0 Å². The molecule has 4 nitrogen and oxygen atoms in total. The molecule has 0 bridgehead atoms. The lowest BCUT2D eigenvalue weighted by atomic mass is 10.2. The lowest BCUT2D eigenvalue weighted by Crippen LogP contribution is -2.37. The van der Waals surface area contributed by atoms with Crippen molar-refractivity contribution >= 4 is 32.8 Å². The van der Waals surface area contributed by atoms with Gasteiger partial charge in [-0.05, 0) is 18.2 Å². The van der Waals surface area contributed by atoms with Gasteiger partial charge < -0.3 is 9.64 Å². The number of nitrogens with zero attached hydrogens (tertiary/aromatic N) is 3. The van der Waals surface area contributed by atoms with Crippen LogP contribution in [0.25, 0.3) is 10.9 Å². The van der Waals surface area contributed by atoms with Gasteiger partial charge in [0.2, 0.25) is 5.95 Å².